The number of halogens is 2. The largest absolute Gasteiger partial charge is 0.277 e. The Morgan fingerprint density at radius 3 is 2.93 bits per heavy atom. The van der Waals surface area contributed by atoms with Crippen molar-refractivity contribution in [2.24, 2.45) is 0 Å². The highest BCUT2D eigenvalue weighted by Gasteiger charge is 2.06. The molecule has 0 fully saturated rings. The highest BCUT2D eigenvalue weighted by molar-refractivity contribution is 9.10. The van der Waals surface area contributed by atoms with Crippen molar-refractivity contribution in [1.82, 2.24) is 5.48 Å². The molecule has 0 saturated heterocycles. The standard InChI is InChI=1S/C9H9BrFNO2/c1-14-12-9(13)4-6-2-3-7(11)5-8(6)10/h2-3,5H,4H2,1H3,(H,12,13). The third-order valence-corrected chi connectivity index (χ3v) is 2.32. The van der Waals surface area contributed by atoms with Crippen molar-refractivity contribution in [3.05, 3.63) is 34.1 Å². The van der Waals surface area contributed by atoms with Crippen LogP contribution in [0.5, 0.6) is 0 Å². The van der Waals surface area contributed by atoms with E-state index in [-0.39, 0.29) is 18.1 Å². The lowest BCUT2D eigenvalue weighted by Gasteiger charge is -2.04. The summed E-state index contributed by atoms with van der Waals surface area (Å²) < 4.78 is 13.3. The fourth-order valence-corrected chi connectivity index (χ4v) is 1.48. The molecule has 1 rings (SSSR count). The Balaban J connectivity index is 2.72. The molecule has 0 atom stereocenters. The van der Waals surface area contributed by atoms with E-state index < -0.39 is 0 Å². The van der Waals surface area contributed by atoms with Crippen LogP contribution in [0.4, 0.5) is 4.39 Å². The molecule has 0 aliphatic heterocycles. The van der Waals surface area contributed by atoms with Gasteiger partial charge in [0.25, 0.3) is 0 Å². The first-order valence-electron chi connectivity index (χ1n) is 3.89. The molecule has 0 radical (unpaired) electrons. The summed E-state index contributed by atoms with van der Waals surface area (Å²) in [7, 11) is 1.36. The zero-order chi connectivity index (χ0) is 10.6. The predicted molar refractivity (Wildman–Crippen MR) is 53.0 cm³/mol. The van der Waals surface area contributed by atoms with Gasteiger partial charge in [-0.1, -0.05) is 22.0 Å². The number of amides is 1. The molecule has 0 aromatic heterocycles. The Kier molecular flexibility index (Phi) is 4.03. The number of nitrogens with one attached hydrogen (secondary N) is 1. The average Bonchev–Trinajstić information content (AvgIpc) is 2.10. The van der Waals surface area contributed by atoms with Gasteiger partial charge < -0.3 is 0 Å². The van der Waals surface area contributed by atoms with Crippen molar-refractivity contribution in [3.8, 4) is 0 Å². The average molecular weight is 262 g/mol. The molecule has 76 valence electrons. The van der Waals surface area contributed by atoms with Crippen molar-refractivity contribution in [1.29, 1.82) is 0 Å². The van der Waals surface area contributed by atoms with Crippen molar-refractivity contribution in [2.45, 2.75) is 6.42 Å². The van der Waals surface area contributed by atoms with Crippen LogP contribution in [0.3, 0.4) is 0 Å². The van der Waals surface area contributed by atoms with Gasteiger partial charge in [-0.3, -0.25) is 9.63 Å². The van der Waals surface area contributed by atoms with Gasteiger partial charge in [-0.05, 0) is 17.7 Å². The molecule has 0 unspecified atom stereocenters. The lowest BCUT2D eigenvalue weighted by molar-refractivity contribution is -0.130. The molecule has 1 aromatic carbocycles. The maximum Gasteiger partial charge on any atom is 0.247 e. The summed E-state index contributed by atoms with van der Waals surface area (Å²) in [6.45, 7) is 0. The second-order valence-corrected chi connectivity index (χ2v) is 3.50. The van der Waals surface area contributed by atoms with Gasteiger partial charge in [0.1, 0.15) is 5.82 Å². The first kappa shape index (κ1) is 11.1. The van der Waals surface area contributed by atoms with E-state index in [1.165, 1.54) is 19.2 Å². The topological polar surface area (TPSA) is 38.3 Å². The van der Waals surface area contributed by atoms with E-state index in [4.69, 9.17) is 0 Å². The lowest BCUT2D eigenvalue weighted by Crippen LogP contribution is -2.23. The first-order chi connectivity index (χ1) is 6.63. The number of hydrogen-bond acceptors (Lipinski definition) is 2. The summed E-state index contributed by atoms with van der Waals surface area (Å²) in [6.07, 6.45) is 0.148. The van der Waals surface area contributed by atoms with Crippen molar-refractivity contribution in [2.75, 3.05) is 7.11 Å². The van der Waals surface area contributed by atoms with Crippen LogP contribution in [-0.2, 0) is 16.1 Å². The lowest BCUT2D eigenvalue weighted by atomic mass is 10.1. The Morgan fingerprint density at radius 2 is 2.36 bits per heavy atom. The fourth-order valence-electron chi connectivity index (χ4n) is 0.988. The molecule has 0 heterocycles. The molecular weight excluding hydrogens is 253 g/mol. The number of rotatable bonds is 3. The molecule has 0 aliphatic rings. The van der Waals surface area contributed by atoms with Gasteiger partial charge in [0.2, 0.25) is 5.91 Å². The molecule has 1 amide bonds. The number of carbonyl (C=O) groups is 1. The van der Waals surface area contributed by atoms with E-state index in [2.05, 4.69) is 26.2 Å². The molecule has 5 heteroatoms. The van der Waals surface area contributed by atoms with Gasteiger partial charge >= 0.3 is 0 Å². The van der Waals surface area contributed by atoms with Gasteiger partial charge in [-0.2, -0.15) is 0 Å². The second-order valence-electron chi connectivity index (χ2n) is 2.64. The highest BCUT2D eigenvalue weighted by atomic mass is 79.9. The highest BCUT2D eigenvalue weighted by Crippen LogP contribution is 2.18. The Hall–Kier alpha value is -0.940. The molecule has 1 N–H and O–H groups in total. The smallest absolute Gasteiger partial charge is 0.247 e. The summed E-state index contributed by atoms with van der Waals surface area (Å²) in [5.41, 5.74) is 2.89. The maximum atomic E-state index is 12.7. The molecule has 14 heavy (non-hydrogen) atoms. The number of carbonyl (C=O) groups excluding carboxylic acids is 1. The van der Waals surface area contributed by atoms with E-state index in [0.29, 0.717) is 10.0 Å². The monoisotopic (exact) mass is 261 g/mol. The predicted octanol–water partition coefficient (Wildman–Crippen LogP) is 1.81. The van der Waals surface area contributed by atoms with Crippen molar-refractivity contribution >= 4 is 21.8 Å². The van der Waals surface area contributed by atoms with Gasteiger partial charge in [0.05, 0.1) is 13.5 Å². The minimum Gasteiger partial charge on any atom is -0.277 e. The zero-order valence-corrected chi connectivity index (χ0v) is 9.10. The summed E-state index contributed by atoms with van der Waals surface area (Å²) >= 11 is 3.17. The minimum absolute atomic E-state index is 0.148. The van der Waals surface area contributed by atoms with Crippen molar-refractivity contribution < 1.29 is 14.0 Å². The van der Waals surface area contributed by atoms with Gasteiger partial charge in [0, 0.05) is 4.47 Å². The van der Waals surface area contributed by atoms with Crippen LogP contribution in [0.2, 0.25) is 0 Å². The first-order valence-corrected chi connectivity index (χ1v) is 4.68. The number of benzene rings is 1. The Bertz CT molecular complexity index is 344. The van der Waals surface area contributed by atoms with Crippen LogP contribution >= 0.6 is 15.9 Å². The van der Waals surface area contributed by atoms with E-state index in [1.807, 2.05) is 0 Å². The van der Waals surface area contributed by atoms with Crippen LogP contribution in [0, 0.1) is 5.82 Å². The van der Waals surface area contributed by atoms with Gasteiger partial charge in [-0.25, -0.2) is 9.87 Å². The third-order valence-electron chi connectivity index (χ3n) is 1.58. The molecule has 0 spiro atoms. The van der Waals surface area contributed by atoms with Gasteiger partial charge in [0.15, 0.2) is 0 Å². The van der Waals surface area contributed by atoms with E-state index in [0.717, 1.165) is 0 Å². The fraction of sp³-hybridized carbons (Fsp3) is 0.222. The number of hydrogen-bond donors (Lipinski definition) is 1. The van der Waals surface area contributed by atoms with Crippen LogP contribution < -0.4 is 5.48 Å². The summed E-state index contributed by atoms with van der Waals surface area (Å²) in [4.78, 5) is 15.5. The molecule has 3 nitrogen and oxygen atoms in total. The molecule has 0 saturated carbocycles. The SMILES string of the molecule is CONC(=O)Cc1ccc(F)cc1Br. The second kappa shape index (κ2) is 5.07. The summed E-state index contributed by atoms with van der Waals surface area (Å²) in [5, 5.41) is 0. The molecule has 0 bridgehead atoms. The summed E-state index contributed by atoms with van der Waals surface area (Å²) in [5.74, 6) is -0.618. The van der Waals surface area contributed by atoms with Crippen LogP contribution in [0.25, 0.3) is 0 Å². The van der Waals surface area contributed by atoms with E-state index in [1.54, 1.807) is 6.07 Å². The Morgan fingerprint density at radius 1 is 1.64 bits per heavy atom. The maximum absolute atomic E-state index is 12.7. The minimum atomic E-state index is -0.340. The summed E-state index contributed by atoms with van der Waals surface area (Å²) in [6, 6.07) is 4.17. The van der Waals surface area contributed by atoms with Crippen molar-refractivity contribution in [3.63, 3.8) is 0 Å². The van der Waals surface area contributed by atoms with E-state index in [9.17, 15) is 9.18 Å². The Labute approximate surface area is 89.3 Å². The number of hydroxylamine groups is 1. The normalized spacial score (nSPS) is 9.93. The zero-order valence-electron chi connectivity index (χ0n) is 7.51. The van der Waals surface area contributed by atoms with Gasteiger partial charge in [-0.15, -0.1) is 0 Å². The van der Waals surface area contributed by atoms with Crippen LogP contribution in [0.15, 0.2) is 22.7 Å². The molecule has 1 aromatic rings. The molecular formula is C9H9BrFNO2. The third kappa shape index (κ3) is 3.08. The van der Waals surface area contributed by atoms with E-state index >= 15 is 0 Å². The molecule has 0 aliphatic carbocycles. The van der Waals surface area contributed by atoms with Crippen LogP contribution in [0.1, 0.15) is 5.56 Å². The quantitative estimate of drug-likeness (QED) is 0.843. The van der Waals surface area contributed by atoms with Crippen LogP contribution in [-0.4, -0.2) is 13.0 Å².